The molecule has 24 nitrogen and oxygen atoms in total. The molecule has 12 bridgehead atoms. The lowest BCUT2D eigenvalue weighted by Crippen LogP contribution is -2.68. The molecule has 0 spiro atoms. The number of rotatable bonds is 6. The monoisotopic (exact) mass is 1630 g/mol. The quantitative estimate of drug-likeness (QED) is 0.0883. The largest absolute Gasteiger partial charge is 0.387 e. The van der Waals surface area contributed by atoms with Gasteiger partial charge in [0.15, 0.2) is 37.7 Å². The van der Waals surface area contributed by atoms with Crippen molar-refractivity contribution in [3.05, 3.63) is 0 Å². The molecule has 22 fully saturated rings. The minimum absolute atomic E-state index is 0.117. The van der Waals surface area contributed by atoms with Crippen molar-refractivity contribution in [3.8, 4) is 0 Å². The van der Waals surface area contributed by atoms with E-state index in [2.05, 4.69) is 0 Å². The first kappa shape index (κ1) is 57.1. The first-order chi connectivity index (χ1) is 31.4. The van der Waals surface area contributed by atoms with Crippen LogP contribution in [0.1, 0.15) is 0 Å². The van der Waals surface area contributed by atoms with Gasteiger partial charge < -0.3 is 118 Å². The van der Waals surface area contributed by atoms with Gasteiger partial charge in [-0.05, 0) is 0 Å². The number of halogens is 6. The van der Waals surface area contributed by atoms with E-state index in [1.807, 2.05) is 136 Å². The summed E-state index contributed by atoms with van der Waals surface area (Å²) in [5.41, 5.74) is 0. The van der Waals surface area contributed by atoms with Crippen LogP contribution in [0.25, 0.3) is 0 Å². The van der Waals surface area contributed by atoms with Crippen molar-refractivity contribution in [1.82, 2.24) is 0 Å². The zero-order chi connectivity index (χ0) is 48.0. The van der Waals surface area contributed by atoms with E-state index >= 15 is 0 Å². The molecule has 30 heteroatoms. The van der Waals surface area contributed by atoms with Crippen LogP contribution >= 0.6 is 136 Å². The Morgan fingerprint density at radius 1 is 0.197 bits per heavy atom. The highest BCUT2D eigenvalue weighted by Crippen LogP contribution is 2.39. The van der Waals surface area contributed by atoms with Gasteiger partial charge in [-0.1, -0.05) is 136 Å². The molecule has 12 N–H and O–H groups in total. The number of ether oxygens (including phenoxy) is 12. The van der Waals surface area contributed by atoms with Gasteiger partial charge in [-0.15, -0.1) is 0 Å². The van der Waals surface area contributed by atoms with E-state index in [0.717, 1.165) is 0 Å². The van der Waals surface area contributed by atoms with Crippen LogP contribution in [0.15, 0.2) is 0 Å². The summed E-state index contributed by atoms with van der Waals surface area (Å²) < 4.78 is 73.3. The molecule has 22 heterocycles. The van der Waals surface area contributed by atoms with E-state index < -0.39 is 184 Å². The second-order valence-corrected chi connectivity index (χ2v) is 22.0. The third-order valence-electron chi connectivity index (χ3n) is 12.5. The van der Waals surface area contributed by atoms with Crippen molar-refractivity contribution in [3.63, 3.8) is 0 Å². The van der Waals surface area contributed by atoms with Gasteiger partial charge in [0.1, 0.15) is 110 Å². The van der Waals surface area contributed by atoms with E-state index in [9.17, 15) is 61.3 Å². The molecule has 0 radical (unpaired) electrons. The van der Waals surface area contributed by atoms with Gasteiger partial charge in [0.2, 0.25) is 0 Å². The van der Waals surface area contributed by atoms with Crippen LogP contribution in [0, 0.1) is 0 Å². The third-order valence-corrected chi connectivity index (χ3v) is 17.7. The summed E-state index contributed by atoms with van der Waals surface area (Å²) in [6.07, 6.45) is -46.3. The van der Waals surface area contributed by atoms with Crippen LogP contribution in [-0.4, -0.2) is 272 Å². The molecule has 0 aromatic heterocycles. The van der Waals surface area contributed by atoms with Crippen molar-refractivity contribution < 1.29 is 118 Å². The Kier molecular flexibility index (Phi) is 21.7. The molecule has 0 saturated carbocycles. The van der Waals surface area contributed by atoms with Gasteiger partial charge in [-0.3, -0.25) is 0 Å². The molecular weight excluding hydrogens is 1580 g/mol. The average molecular weight is 1630 g/mol. The Morgan fingerprint density at radius 3 is 0.424 bits per heavy atom. The van der Waals surface area contributed by atoms with Crippen LogP contribution in [0.5, 0.6) is 0 Å². The highest BCUT2D eigenvalue weighted by molar-refractivity contribution is 14.1. The number of aliphatic hydroxyl groups excluding tert-OH is 12. The zero-order valence-corrected chi connectivity index (χ0v) is 47.0. The molecule has 22 saturated heterocycles. The predicted molar refractivity (Wildman–Crippen MR) is 267 cm³/mol. The number of hydrogen-bond donors (Lipinski definition) is 12. The van der Waals surface area contributed by atoms with Gasteiger partial charge >= 0.3 is 0 Å². The summed E-state index contributed by atoms with van der Waals surface area (Å²) in [7, 11) is 0. The summed E-state index contributed by atoms with van der Waals surface area (Å²) in [6, 6.07) is 0. The van der Waals surface area contributed by atoms with E-state index in [4.69, 9.17) is 56.8 Å². The van der Waals surface area contributed by atoms with E-state index in [-0.39, 0.29) is 26.6 Å². The maximum absolute atomic E-state index is 11.5. The van der Waals surface area contributed by atoms with E-state index in [1.165, 1.54) is 0 Å². The summed E-state index contributed by atoms with van der Waals surface area (Å²) in [6.45, 7) is 0. The van der Waals surface area contributed by atoms with Crippen molar-refractivity contribution in [2.75, 3.05) is 26.6 Å². The Labute approximate surface area is 459 Å². The predicted octanol–water partition coefficient (Wildman–Crippen LogP) is -4.40. The summed E-state index contributed by atoms with van der Waals surface area (Å²) in [5, 5.41) is 137. The Hall–Kier alpha value is 3.42. The summed E-state index contributed by atoms with van der Waals surface area (Å²) in [4.78, 5) is 0. The molecule has 30 atom stereocenters. The molecule has 0 unspecified atom stereocenters. The molecule has 0 aromatic carbocycles. The highest BCUT2D eigenvalue weighted by atomic mass is 127. The van der Waals surface area contributed by atoms with E-state index in [0.29, 0.717) is 0 Å². The van der Waals surface area contributed by atoms with Crippen molar-refractivity contribution in [1.29, 1.82) is 0 Å². The molecule has 66 heavy (non-hydrogen) atoms. The van der Waals surface area contributed by atoms with Crippen LogP contribution in [0.3, 0.4) is 0 Å². The average Bonchev–Trinajstić information content (AvgIpc) is 3.31. The zero-order valence-electron chi connectivity index (χ0n) is 34.1. The van der Waals surface area contributed by atoms with Crippen LogP contribution in [0.4, 0.5) is 0 Å². The Morgan fingerprint density at radius 2 is 0.318 bits per heavy atom. The lowest BCUT2D eigenvalue weighted by atomic mass is 9.95. The number of alkyl halides is 6. The summed E-state index contributed by atoms with van der Waals surface area (Å²) in [5.74, 6) is 0. The lowest BCUT2D eigenvalue weighted by Gasteiger charge is -2.51. The highest BCUT2D eigenvalue weighted by Gasteiger charge is 2.58. The van der Waals surface area contributed by atoms with Crippen molar-refractivity contribution >= 4 is 136 Å². The Balaban J connectivity index is 1.19. The standard InChI is InChI=1S/C36H54I6O24/c37-1-7-25-13(43)19(49)31(55-7)62-26-8(2-38)57-33(21(51)15(26)45)64-28-10(4-40)59-35(23(53)17(28)47)66-30-12(6-42)60-36(24(54)18(30)48)65-29-11(5-41)58-34(22(52)16(29)46)63-27-9(3-39)56-32(61-25)20(50)14(27)44/h7-36,43-54H,1-6H2/t7-,8-,9-,10-,11-,12-,13-,14-,15-,16-,17-,18+,19-,20-,21-,22-,23-,24-,25-,26-,27-,28-,29-,30-,31-,32-,33-,34-,35-,36-/m1/s1. The van der Waals surface area contributed by atoms with Gasteiger partial charge in [0.05, 0.1) is 36.6 Å². The molecule has 22 aliphatic rings. The molecule has 384 valence electrons. The van der Waals surface area contributed by atoms with Crippen LogP contribution < -0.4 is 0 Å². The maximum atomic E-state index is 11.5. The molecule has 0 amide bonds. The minimum atomic E-state index is -1.85. The molecule has 22 aliphatic heterocycles. The second kappa shape index (κ2) is 25.1. The van der Waals surface area contributed by atoms with Gasteiger partial charge in [-0.25, -0.2) is 0 Å². The Bertz CT molecular complexity index is 1260. The molecule has 0 aromatic rings. The number of aliphatic hydroxyl groups is 12. The lowest BCUT2D eigenvalue weighted by molar-refractivity contribution is -0.396. The second-order valence-electron chi connectivity index (χ2n) is 16.7. The van der Waals surface area contributed by atoms with Gasteiger partial charge in [0.25, 0.3) is 0 Å². The minimum Gasteiger partial charge on any atom is -0.387 e. The SMILES string of the molecule is O[C@@H]1[C@@H](O)[C@H]2O[C@H]3[C@H](O)[C@@H](O)[C@@H](O[C@H]4[C@H](O)[C@@H](O)[C@@H](O[C@H]5[C@@H](O)[C@@H](O)[C@@H](O[C@H]6[C@H](O)[C@@H](O)[C@@H](O[C@H]7[C@H](O)[C@@H](O)[C@@H](O[C@@H]1[C@@H](CI)O2)O[C@@H]7CI)O[C@@H]6CI)O[C@@H]5CI)O[C@@H]4CI)O[C@@H]3CI. The first-order valence-electron chi connectivity index (χ1n) is 20.8. The molecule has 22 rings (SSSR count). The summed E-state index contributed by atoms with van der Waals surface area (Å²) >= 11 is 11.7. The normalized spacial score (nSPS) is 55.4. The fourth-order valence-electron chi connectivity index (χ4n) is 8.79. The smallest absolute Gasteiger partial charge is 0.187 e. The fourth-order valence-corrected chi connectivity index (χ4v) is 13.0. The first-order valence-corrected chi connectivity index (χ1v) is 30.0. The van der Waals surface area contributed by atoms with Gasteiger partial charge in [-0.2, -0.15) is 0 Å². The molecular formula is C36H54I6O24. The number of hydrogen-bond acceptors (Lipinski definition) is 24. The maximum Gasteiger partial charge on any atom is 0.187 e. The van der Waals surface area contributed by atoms with E-state index in [1.54, 1.807) is 0 Å². The topological polar surface area (TPSA) is 354 Å². The van der Waals surface area contributed by atoms with Crippen LogP contribution in [-0.2, 0) is 56.8 Å². The van der Waals surface area contributed by atoms with Crippen LogP contribution in [0.2, 0.25) is 0 Å². The molecule has 0 aliphatic carbocycles. The van der Waals surface area contributed by atoms with Gasteiger partial charge in [0, 0.05) is 26.6 Å². The fraction of sp³-hybridized carbons (Fsp3) is 1.00. The van der Waals surface area contributed by atoms with Crippen molar-refractivity contribution in [2.24, 2.45) is 0 Å². The van der Waals surface area contributed by atoms with Crippen molar-refractivity contribution in [2.45, 2.75) is 184 Å². The third kappa shape index (κ3) is 11.7.